The molecule has 2 aromatic heterocycles. The van der Waals surface area contributed by atoms with Crippen LogP contribution in [0.1, 0.15) is 17.3 Å². The van der Waals surface area contributed by atoms with Crippen molar-refractivity contribution in [1.82, 2.24) is 15.4 Å². The van der Waals surface area contributed by atoms with Crippen LogP contribution in [-0.2, 0) is 6.42 Å². The molecule has 0 saturated carbocycles. The van der Waals surface area contributed by atoms with Crippen molar-refractivity contribution in [2.45, 2.75) is 12.5 Å². The number of nitrogens with two attached hydrogens (primary N) is 1. The monoisotopic (exact) mass is 214 g/mol. The highest BCUT2D eigenvalue weighted by atomic mass is 15.2. The Balaban J connectivity index is 2.13. The Bertz CT molecular complexity index is 416. The Labute approximate surface area is 94.5 Å². The summed E-state index contributed by atoms with van der Waals surface area (Å²) in [6, 6.07) is 9.81. The van der Waals surface area contributed by atoms with Gasteiger partial charge in [0, 0.05) is 30.7 Å². The van der Waals surface area contributed by atoms with Crippen LogP contribution < -0.4 is 11.3 Å². The molecule has 0 fully saturated rings. The van der Waals surface area contributed by atoms with E-state index in [0.29, 0.717) is 0 Å². The second-order valence-corrected chi connectivity index (χ2v) is 3.53. The molecule has 0 amide bonds. The molecular weight excluding hydrogens is 200 g/mol. The molecule has 4 nitrogen and oxygen atoms in total. The van der Waals surface area contributed by atoms with Gasteiger partial charge in [0.25, 0.3) is 0 Å². The van der Waals surface area contributed by atoms with E-state index in [-0.39, 0.29) is 6.04 Å². The van der Waals surface area contributed by atoms with Gasteiger partial charge in [0.15, 0.2) is 0 Å². The molecule has 0 bridgehead atoms. The van der Waals surface area contributed by atoms with Crippen LogP contribution >= 0.6 is 0 Å². The summed E-state index contributed by atoms with van der Waals surface area (Å²) in [6.45, 7) is 0. The molecule has 0 aliphatic carbocycles. The van der Waals surface area contributed by atoms with E-state index in [1.807, 2.05) is 36.5 Å². The SMILES string of the molecule is NNC(Cc1ccccn1)c1cccnc1. The first-order valence-corrected chi connectivity index (χ1v) is 5.16. The van der Waals surface area contributed by atoms with Crippen LogP contribution in [0.25, 0.3) is 0 Å². The van der Waals surface area contributed by atoms with Gasteiger partial charge in [0.05, 0.1) is 6.04 Å². The van der Waals surface area contributed by atoms with E-state index in [2.05, 4.69) is 15.4 Å². The lowest BCUT2D eigenvalue weighted by atomic mass is 10.0. The fourth-order valence-electron chi connectivity index (χ4n) is 1.58. The molecular formula is C12H14N4. The molecule has 0 saturated heterocycles. The molecule has 1 atom stereocenters. The molecule has 1 unspecified atom stereocenters. The van der Waals surface area contributed by atoms with E-state index in [9.17, 15) is 0 Å². The lowest BCUT2D eigenvalue weighted by molar-refractivity contribution is 0.544. The number of pyridine rings is 2. The number of nitrogens with zero attached hydrogens (tertiary/aromatic N) is 2. The Morgan fingerprint density at radius 2 is 2.12 bits per heavy atom. The zero-order chi connectivity index (χ0) is 11.2. The molecule has 4 heteroatoms. The molecule has 2 heterocycles. The summed E-state index contributed by atoms with van der Waals surface area (Å²) in [7, 11) is 0. The van der Waals surface area contributed by atoms with Crippen LogP contribution in [0, 0.1) is 0 Å². The minimum atomic E-state index is 0.0450. The number of nitrogens with one attached hydrogen (secondary N) is 1. The maximum atomic E-state index is 5.55. The van der Waals surface area contributed by atoms with Crippen molar-refractivity contribution in [3.63, 3.8) is 0 Å². The third-order valence-electron chi connectivity index (χ3n) is 2.43. The van der Waals surface area contributed by atoms with Gasteiger partial charge in [0.2, 0.25) is 0 Å². The quantitative estimate of drug-likeness (QED) is 0.593. The maximum Gasteiger partial charge on any atom is 0.0530 e. The number of hydrogen-bond acceptors (Lipinski definition) is 4. The van der Waals surface area contributed by atoms with Crippen LogP contribution in [0.3, 0.4) is 0 Å². The molecule has 0 aliphatic heterocycles. The van der Waals surface area contributed by atoms with Gasteiger partial charge in [-0.15, -0.1) is 0 Å². The van der Waals surface area contributed by atoms with E-state index >= 15 is 0 Å². The van der Waals surface area contributed by atoms with E-state index in [1.165, 1.54) is 0 Å². The topological polar surface area (TPSA) is 63.8 Å². The summed E-state index contributed by atoms with van der Waals surface area (Å²) in [5.74, 6) is 5.55. The van der Waals surface area contributed by atoms with E-state index in [0.717, 1.165) is 17.7 Å². The molecule has 0 spiro atoms. The van der Waals surface area contributed by atoms with Crippen molar-refractivity contribution in [2.75, 3.05) is 0 Å². The van der Waals surface area contributed by atoms with Gasteiger partial charge in [-0.2, -0.15) is 0 Å². The molecule has 0 radical (unpaired) electrons. The summed E-state index contributed by atoms with van der Waals surface area (Å²) in [4.78, 5) is 8.36. The van der Waals surface area contributed by atoms with Crippen LogP contribution in [0.5, 0.6) is 0 Å². The molecule has 82 valence electrons. The first kappa shape index (κ1) is 10.7. The van der Waals surface area contributed by atoms with Gasteiger partial charge in [0.1, 0.15) is 0 Å². The van der Waals surface area contributed by atoms with Crippen molar-refractivity contribution in [3.05, 3.63) is 60.2 Å². The van der Waals surface area contributed by atoms with Crippen molar-refractivity contribution >= 4 is 0 Å². The van der Waals surface area contributed by atoms with E-state index < -0.39 is 0 Å². The number of hydrazine groups is 1. The normalized spacial score (nSPS) is 12.3. The minimum absolute atomic E-state index is 0.0450. The van der Waals surface area contributed by atoms with E-state index in [4.69, 9.17) is 5.84 Å². The van der Waals surface area contributed by atoms with Crippen LogP contribution in [0.2, 0.25) is 0 Å². The number of hydrogen-bond donors (Lipinski definition) is 2. The van der Waals surface area contributed by atoms with Crippen LogP contribution in [0.4, 0.5) is 0 Å². The van der Waals surface area contributed by atoms with Gasteiger partial charge in [-0.1, -0.05) is 12.1 Å². The number of rotatable bonds is 4. The largest absolute Gasteiger partial charge is 0.271 e. The fraction of sp³-hybridized carbons (Fsp3) is 0.167. The van der Waals surface area contributed by atoms with Crippen LogP contribution in [0.15, 0.2) is 48.9 Å². The third kappa shape index (κ3) is 2.62. The average molecular weight is 214 g/mol. The summed E-state index contributed by atoms with van der Waals surface area (Å²) in [5, 5.41) is 0. The number of aromatic nitrogens is 2. The Kier molecular flexibility index (Phi) is 3.58. The lowest BCUT2D eigenvalue weighted by Gasteiger charge is -2.15. The van der Waals surface area contributed by atoms with Crippen molar-refractivity contribution in [3.8, 4) is 0 Å². The highest BCUT2D eigenvalue weighted by Gasteiger charge is 2.10. The van der Waals surface area contributed by atoms with Crippen molar-refractivity contribution < 1.29 is 0 Å². The standard InChI is InChI=1S/C12H14N4/c13-16-12(10-4-3-6-14-9-10)8-11-5-1-2-7-15-11/h1-7,9,12,16H,8,13H2. The first-order chi connectivity index (χ1) is 7.90. The van der Waals surface area contributed by atoms with Gasteiger partial charge in [-0.3, -0.25) is 21.2 Å². The van der Waals surface area contributed by atoms with Gasteiger partial charge in [-0.05, 0) is 23.8 Å². The van der Waals surface area contributed by atoms with E-state index in [1.54, 1.807) is 12.4 Å². The molecule has 2 rings (SSSR count). The molecule has 16 heavy (non-hydrogen) atoms. The third-order valence-corrected chi connectivity index (χ3v) is 2.43. The van der Waals surface area contributed by atoms with Gasteiger partial charge < -0.3 is 0 Å². The van der Waals surface area contributed by atoms with Crippen molar-refractivity contribution in [2.24, 2.45) is 5.84 Å². The maximum absolute atomic E-state index is 5.55. The fourth-order valence-corrected chi connectivity index (χ4v) is 1.58. The van der Waals surface area contributed by atoms with Crippen LogP contribution in [-0.4, -0.2) is 9.97 Å². The van der Waals surface area contributed by atoms with Gasteiger partial charge in [-0.25, -0.2) is 0 Å². The Morgan fingerprint density at radius 3 is 2.75 bits per heavy atom. The smallest absolute Gasteiger partial charge is 0.0530 e. The minimum Gasteiger partial charge on any atom is -0.271 e. The highest BCUT2D eigenvalue weighted by molar-refractivity contribution is 5.17. The summed E-state index contributed by atoms with van der Waals surface area (Å²) >= 11 is 0. The summed E-state index contributed by atoms with van der Waals surface area (Å²) < 4.78 is 0. The molecule has 3 N–H and O–H groups in total. The molecule has 2 aromatic rings. The second-order valence-electron chi connectivity index (χ2n) is 3.53. The first-order valence-electron chi connectivity index (χ1n) is 5.16. The predicted octanol–water partition coefficient (Wildman–Crippen LogP) is 1.22. The Morgan fingerprint density at radius 1 is 1.19 bits per heavy atom. The molecule has 0 aliphatic rings. The lowest BCUT2D eigenvalue weighted by Crippen LogP contribution is -2.29. The Hall–Kier alpha value is -1.78. The highest BCUT2D eigenvalue weighted by Crippen LogP contribution is 2.14. The zero-order valence-electron chi connectivity index (χ0n) is 8.88. The van der Waals surface area contributed by atoms with Gasteiger partial charge >= 0.3 is 0 Å². The second kappa shape index (κ2) is 5.34. The molecule has 0 aromatic carbocycles. The van der Waals surface area contributed by atoms with Crippen molar-refractivity contribution in [1.29, 1.82) is 0 Å². The predicted molar refractivity (Wildman–Crippen MR) is 62.2 cm³/mol. The zero-order valence-corrected chi connectivity index (χ0v) is 8.88. The summed E-state index contributed by atoms with van der Waals surface area (Å²) in [5.41, 5.74) is 4.86. The summed E-state index contributed by atoms with van der Waals surface area (Å²) in [6.07, 6.45) is 6.10. The average Bonchev–Trinajstić information content (AvgIpc) is 2.38.